The molecular formula is C9H8F11NO. The standard InChI is InChI=1S/C9H8F11NO/c10-5(11,6(12,13)8(16,17)18)7(14,15)9(19,20)21-1-3-22-4-2-21/h1-4H2. The van der Waals surface area contributed by atoms with E-state index in [0.717, 1.165) is 0 Å². The average Bonchev–Trinajstić information content (AvgIpc) is 2.37. The van der Waals surface area contributed by atoms with Gasteiger partial charge in [0.05, 0.1) is 13.2 Å². The van der Waals surface area contributed by atoms with Crippen LogP contribution in [0.4, 0.5) is 48.3 Å². The molecule has 0 amide bonds. The first-order valence-electron chi connectivity index (χ1n) is 5.51. The van der Waals surface area contributed by atoms with E-state index in [0.29, 0.717) is 0 Å². The van der Waals surface area contributed by atoms with Gasteiger partial charge in [-0.3, -0.25) is 0 Å². The van der Waals surface area contributed by atoms with E-state index in [1.54, 1.807) is 0 Å². The number of morpholine rings is 1. The van der Waals surface area contributed by atoms with Gasteiger partial charge >= 0.3 is 30.0 Å². The van der Waals surface area contributed by atoms with Crippen LogP contribution in [0.5, 0.6) is 0 Å². The number of hydrogen-bond acceptors (Lipinski definition) is 2. The third-order valence-electron chi connectivity index (χ3n) is 2.93. The Balaban J connectivity index is 3.24. The molecule has 0 radical (unpaired) electrons. The van der Waals surface area contributed by atoms with Crippen LogP contribution in [-0.2, 0) is 4.74 Å². The molecule has 0 aromatic carbocycles. The number of nitrogens with zero attached hydrogens (tertiary/aromatic N) is 1. The molecule has 0 aromatic rings. The molecule has 0 aromatic heterocycles. The molecule has 132 valence electrons. The molecule has 0 bridgehead atoms. The van der Waals surface area contributed by atoms with Crippen molar-refractivity contribution in [2.75, 3.05) is 26.3 Å². The molecule has 0 saturated carbocycles. The van der Waals surface area contributed by atoms with Crippen molar-refractivity contribution >= 4 is 0 Å². The summed E-state index contributed by atoms with van der Waals surface area (Å²) in [6.07, 6.45) is -7.14. The summed E-state index contributed by atoms with van der Waals surface area (Å²) in [6.45, 7) is -3.30. The van der Waals surface area contributed by atoms with Crippen LogP contribution in [0.25, 0.3) is 0 Å². The van der Waals surface area contributed by atoms with Crippen molar-refractivity contribution in [1.29, 1.82) is 0 Å². The van der Waals surface area contributed by atoms with E-state index in [1.165, 1.54) is 0 Å². The molecule has 1 aliphatic heterocycles. The second-order valence-corrected chi connectivity index (χ2v) is 4.36. The lowest BCUT2D eigenvalue weighted by Gasteiger charge is -2.42. The monoisotopic (exact) mass is 355 g/mol. The third-order valence-corrected chi connectivity index (χ3v) is 2.93. The maximum atomic E-state index is 13.4. The molecule has 0 aliphatic carbocycles. The second kappa shape index (κ2) is 5.35. The number of alkyl halides is 11. The predicted octanol–water partition coefficient (Wildman–Crippen LogP) is 3.38. The van der Waals surface area contributed by atoms with E-state index in [2.05, 4.69) is 4.74 Å². The first kappa shape index (κ1) is 19.2. The molecule has 0 spiro atoms. The summed E-state index contributed by atoms with van der Waals surface area (Å²) in [7, 11) is 0. The summed E-state index contributed by atoms with van der Waals surface area (Å²) < 4.78 is 144. The van der Waals surface area contributed by atoms with E-state index in [4.69, 9.17) is 0 Å². The lowest BCUT2D eigenvalue weighted by molar-refractivity contribution is -0.438. The van der Waals surface area contributed by atoms with E-state index in [1.807, 2.05) is 0 Å². The summed E-state index contributed by atoms with van der Waals surface area (Å²) in [4.78, 5) is -0.628. The van der Waals surface area contributed by atoms with Gasteiger partial charge in [0.15, 0.2) is 0 Å². The average molecular weight is 355 g/mol. The molecule has 1 saturated heterocycles. The van der Waals surface area contributed by atoms with Crippen molar-refractivity contribution < 1.29 is 53.0 Å². The van der Waals surface area contributed by atoms with Crippen molar-refractivity contribution in [2.24, 2.45) is 0 Å². The van der Waals surface area contributed by atoms with Gasteiger partial charge in [-0.2, -0.15) is 48.3 Å². The van der Waals surface area contributed by atoms with Gasteiger partial charge < -0.3 is 4.74 Å². The van der Waals surface area contributed by atoms with Crippen LogP contribution in [0.2, 0.25) is 0 Å². The van der Waals surface area contributed by atoms with Gasteiger partial charge in [0.2, 0.25) is 0 Å². The number of ether oxygens (including phenoxy) is 1. The molecule has 0 atom stereocenters. The highest BCUT2D eigenvalue weighted by atomic mass is 19.4. The van der Waals surface area contributed by atoms with Crippen LogP contribution in [0.3, 0.4) is 0 Å². The molecular weight excluding hydrogens is 347 g/mol. The fourth-order valence-electron chi connectivity index (χ4n) is 1.61. The minimum atomic E-state index is -7.36. The van der Waals surface area contributed by atoms with Gasteiger partial charge in [0, 0.05) is 13.1 Å². The van der Waals surface area contributed by atoms with Crippen molar-refractivity contribution in [2.45, 2.75) is 30.0 Å². The van der Waals surface area contributed by atoms with Crippen molar-refractivity contribution in [1.82, 2.24) is 4.90 Å². The largest absolute Gasteiger partial charge is 0.460 e. The van der Waals surface area contributed by atoms with Crippen LogP contribution >= 0.6 is 0 Å². The molecule has 2 nitrogen and oxygen atoms in total. The first-order chi connectivity index (χ1) is 9.61. The molecule has 1 aliphatic rings. The Labute approximate surface area is 115 Å². The maximum absolute atomic E-state index is 13.4. The highest BCUT2D eigenvalue weighted by molar-refractivity contribution is 5.06. The van der Waals surface area contributed by atoms with Gasteiger partial charge in [0.1, 0.15) is 0 Å². The maximum Gasteiger partial charge on any atom is 0.460 e. The third kappa shape index (κ3) is 2.61. The second-order valence-electron chi connectivity index (χ2n) is 4.36. The summed E-state index contributed by atoms with van der Waals surface area (Å²) in [6, 6.07) is -5.94. The molecule has 1 fully saturated rings. The summed E-state index contributed by atoms with van der Waals surface area (Å²) in [5.74, 6) is -21.7. The summed E-state index contributed by atoms with van der Waals surface area (Å²) in [5.41, 5.74) is 0. The minimum Gasteiger partial charge on any atom is -0.379 e. The topological polar surface area (TPSA) is 12.5 Å². The zero-order valence-corrected chi connectivity index (χ0v) is 10.3. The predicted molar refractivity (Wildman–Crippen MR) is 48.2 cm³/mol. The lowest BCUT2D eigenvalue weighted by atomic mass is 10.0. The molecule has 0 unspecified atom stereocenters. The van der Waals surface area contributed by atoms with Crippen LogP contribution < -0.4 is 0 Å². The number of rotatable bonds is 4. The van der Waals surface area contributed by atoms with Crippen LogP contribution in [0.15, 0.2) is 0 Å². The van der Waals surface area contributed by atoms with Gasteiger partial charge in [-0.25, -0.2) is 4.90 Å². The molecule has 13 heteroatoms. The minimum absolute atomic E-state index is 0.604. The van der Waals surface area contributed by atoms with Gasteiger partial charge in [-0.15, -0.1) is 0 Å². The Morgan fingerprint density at radius 1 is 0.591 bits per heavy atom. The Kier molecular flexibility index (Phi) is 4.67. The summed E-state index contributed by atoms with van der Waals surface area (Å²) in [5, 5.41) is 0. The van der Waals surface area contributed by atoms with Crippen LogP contribution in [0.1, 0.15) is 0 Å². The molecule has 22 heavy (non-hydrogen) atoms. The zero-order chi connectivity index (χ0) is 17.6. The SMILES string of the molecule is FC(F)(F)C(F)(F)C(F)(F)C(F)(F)C(F)(F)N1CCOCC1. The van der Waals surface area contributed by atoms with Gasteiger partial charge in [-0.1, -0.05) is 0 Å². The lowest BCUT2D eigenvalue weighted by Crippen LogP contribution is -2.70. The zero-order valence-electron chi connectivity index (χ0n) is 10.3. The van der Waals surface area contributed by atoms with Crippen LogP contribution in [-0.4, -0.2) is 61.2 Å². The van der Waals surface area contributed by atoms with E-state index >= 15 is 0 Å². The van der Waals surface area contributed by atoms with Crippen molar-refractivity contribution in [3.8, 4) is 0 Å². The highest BCUT2D eigenvalue weighted by Gasteiger charge is 2.88. The Hall–Kier alpha value is -0.850. The number of hydrogen-bond donors (Lipinski definition) is 0. The smallest absolute Gasteiger partial charge is 0.379 e. The van der Waals surface area contributed by atoms with Crippen LogP contribution in [0, 0.1) is 0 Å². The van der Waals surface area contributed by atoms with Crippen molar-refractivity contribution in [3.05, 3.63) is 0 Å². The Morgan fingerprint density at radius 2 is 1.00 bits per heavy atom. The summed E-state index contributed by atoms with van der Waals surface area (Å²) >= 11 is 0. The first-order valence-corrected chi connectivity index (χ1v) is 5.51. The fraction of sp³-hybridized carbons (Fsp3) is 1.00. The van der Waals surface area contributed by atoms with E-state index < -0.39 is 61.2 Å². The van der Waals surface area contributed by atoms with Gasteiger partial charge in [-0.05, 0) is 0 Å². The Morgan fingerprint density at radius 3 is 1.36 bits per heavy atom. The van der Waals surface area contributed by atoms with E-state index in [9.17, 15) is 48.3 Å². The molecule has 1 heterocycles. The highest BCUT2D eigenvalue weighted by Crippen LogP contribution is 2.57. The fourth-order valence-corrected chi connectivity index (χ4v) is 1.61. The van der Waals surface area contributed by atoms with Crippen molar-refractivity contribution in [3.63, 3.8) is 0 Å². The van der Waals surface area contributed by atoms with E-state index in [-0.39, 0.29) is 0 Å². The molecule has 1 rings (SSSR count). The molecule has 0 N–H and O–H groups in total. The number of halogens is 11. The Bertz CT molecular complexity index is 399. The van der Waals surface area contributed by atoms with Gasteiger partial charge in [0.25, 0.3) is 0 Å². The quantitative estimate of drug-likeness (QED) is 0.566. The normalized spacial score (nSPS) is 20.3.